The molecule has 2 aromatic carbocycles. The fourth-order valence-electron chi connectivity index (χ4n) is 3.93. The number of anilines is 2. The maximum atomic E-state index is 13.5. The van der Waals surface area contributed by atoms with E-state index in [0.717, 1.165) is 0 Å². The molecule has 1 fully saturated rings. The van der Waals surface area contributed by atoms with E-state index in [1.807, 2.05) is 0 Å². The van der Waals surface area contributed by atoms with E-state index in [-0.39, 0.29) is 43.7 Å². The molecule has 2 N–H and O–H groups in total. The molecule has 0 saturated carbocycles. The van der Waals surface area contributed by atoms with Gasteiger partial charge in [0.2, 0.25) is 11.8 Å². The number of nitrogens with zero attached hydrogens (tertiary/aromatic N) is 2. The van der Waals surface area contributed by atoms with Gasteiger partial charge in [-0.05, 0) is 74.6 Å². The normalized spacial score (nSPS) is 14.7. The lowest BCUT2D eigenvalue weighted by atomic mass is 10.1. The van der Waals surface area contributed by atoms with Crippen LogP contribution >= 0.6 is 12.2 Å². The Morgan fingerprint density at radius 3 is 1.95 bits per heavy atom. The SMILES string of the molecule is CCOC(=O)c1ccc(NC(=O)C[C@@H]2C(=O)N(c3ccc(C(=O)OCC)cc3)C(=S)N2CCNC(C)=O)cc1. The summed E-state index contributed by atoms with van der Waals surface area (Å²) < 4.78 is 9.96. The first kappa shape index (κ1) is 29.2. The molecule has 1 aliphatic heterocycles. The monoisotopic (exact) mass is 554 g/mol. The van der Waals surface area contributed by atoms with Crippen LogP contribution in [0.2, 0.25) is 0 Å². The average molecular weight is 555 g/mol. The van der Waals surface area contributed by atoms with Crippen LogP contribution in [0.3, 0.4) is 0 Å². The van der Waals surface area contributed by atoms with E-state index >= 15 is 0 Å². The number of rotatable bonds is 11. The van der Waals surface area contributed by atoms with E-state index in [9.17, 15) is 24.0 Å². The topological polar surface area (TPSA) is 134 Å². The second-order valence-corrected chi connectivity index (χ2v) is 8.83. The third-order valence-electron chi connectivity index (χ3n) is 5.74. The highest BCUT2D eigenvalue weighted by Gasteiger charge is 2.44. The van der Waals surface area contributed by atoms with Gasteiger partial charge in [-0.25, -0.2) is 9.59 Å². The zero-order valence-corrected chi connectivity index (χ0v) is 22.7. The Morgan fingerprint density at radius 1 is 0.897 bits per heavy atom. The lowest BCUT2D eigenvalue weighted by Gasteiger charge is -2.24. The number of amides is 3. The maximum Gasteiger partial charge on any atom is 0.338 e. The molecule has 0 aliphatic carbocycles. The highest BCUT2D eigenvalue weighted by atomic mass is 32.1. The van der Waals surface area contributed by atoms with Gasteiger partial charge in [0.1, 0.15) is 6.04 Å². The first-order valence-corrected chi connectivity index (χ1v) is 12.8. The van der Waals surface area contributed by atoms with Crippen LogP contribution < -0.4 is 15.5 Å². The fraction of sp³-hybridized carbons (Fsp3) is 0.333. The molecule has 0 unspecified atom stereocenters. The number of esters is 2. The highest BCUT2D eigenvalue weighted by Crippen LogP contribution is 2.28. The lowest BCUT2D eigenvalue weighted by Crippen LogP contribution is -2.42. The summed E-state index contributed by atoms with van der Waals surface area (Å²) >= 11 is 5.60. The molecule has 11 nitrogen and oxygen atoms in total. The Balaban J connectivity index is 1.76. The standard InChI is InChI=1S/C27H30N4O7S/c1-4-37-25(35)18-6-10-20(11-7-18)29-23(33)16-22-24(34)31(27(39)30(22)15-14-28-17(3)32)21-12-8-19(9-13-21)26(36)38-5-2/h6-13,22H,4-5,14-16H2,1-3H3,(H,28,32)(H,29,33)/t22-/m1/s1. The zero-order valence-electron chi connectivity index (χ0n) is 21.9. The van der Waals surface area contributed by atoms with Crippen LogP contribution in [0.4, 0.5) is 11.4 Å². The molecule has 1 aliphatic rings. The minimum atomic E-state index is -0.921. The number of carbonyl (C=O) groups excluding carboxylic acids is 5. The van der Waals surface area contributed by atoms with Crippen molar-refractivity contribution >= 4 is 58.4 Å². The molecular weight excluding hydrogens is 524 g/mol. The van der Waals surface area contributed by atoms with Crippen LogP contribution in [-0.2, 0) is 23.9 Å². The number of nitrogens with one attached hydrogen (secondary N) is 2. The predicted octanol–water partition coefficient (Wildman–Crippen LogP) is 2.51. The minimum Gasteiger partial charge on any atom is -0.462 e. The van der Waals surface area contributed by atoms with Gasteiger partial charge in [-0.1, -0.05) is 0 Å². The van der Waals surface area contributed by atoms with Gasteiger partial charge in [-0.3, -0.25) is 19.3 Å². The van der Waals surface area contributed by atoms with Crippen molar-refractivity contribution in [2.45, 2.75) is 33.2 Å². The summed E-state index contributed by atoms with van der Waals surface area (Å²) in [7, 11) is 0. The lowest BCUT2D eigenvalue weighted by molar-refractivity contribution is -0.124. The average Bonchev–Trinajstić information content (AvgIpc) is 3.13. The molecule has 2 aromatic rings. The van der Waals surface area contributed by atoms with Crippen LogP contribution in [0.5, 0.6) is 0 Å². The van der Waals surface area contributed by atoms with Crippen molar-refractivity contribution in [3.8, 4) is 0 Å². The molecule has 39 heavy (non-hydrogen) atoms. The molecule has 12 heteroatoms. The maximum absolute atomic E-state index is 13.5. The quantitative estimate of drug-likeness (QED) is 0.317. The number of ether oxygens (including phenoxy) is 2. The zero-order chi connectivity index (χ0) is 28.5. The van der Waals surface area contributed by atoms with Gasteiger partial charge in [-0.15, -0.1) is 0 Å². The summed E-state index contributed by atoms with van der Waals surface area (Å²) in [5.74, 6) is -2.05. The van der Waals surface area contributed by atoms with E-state index in [4.69, 9.17) is 21.7 Å². The van der Waals surface area contributed by atoms with Crippen molar-refractivity contribution in [1.82, 2.24) is 10.2 Å². The van der Waals surface area contributed by atoms with Gasteiger partial charge in [0.05, 0.1) is 36.4 Å². The summed E-state index contributed by atoms with van der Waals surface area (Å²) in [6.45, 7) is 5.69. The molecule has 3 rings (SSSR count). The Hall–Kier alpha value is -4.32. The van der Waals surface area contributed by atoms with Crippen LogP contribution in [0.25, 0.3) is 0 Å². The van der Waals surface area contributed by atoms with E-state index in [2.05, 4.69) is 10.6 Å². The third kappa shape index (κ3) is 7.38. The van der Waals surface area contributed by atoms with Crippen molar-refractivity contribution < 1.29 is 33.4 Å². The Bertz CT molecular complexity index is 1250. The van der Waals surface area contributed by atoms with Crippen LogP contribution in [0, 0.1) is 0 Å². The van der Waals surface area contributed by atoms with E-state index in [1.165, 1.54) is 36.1 Å². The van der Waals surface area contributed by atoms with Crippen molar-refractivity contribution in [3.05, 3.63) is 59.7 Å². The second kappa shape index (κ2) is 13.5. The van der Waals surface area contributed by atoms with Gasteiger partial charge in [0.25, 0.3) is 5.91 Å². The first-order chi connectivity index (χ1) is 18.7. The number of benzene rings is 2. The third-order valence-corrected chi connectivity index (χ3v) is 6.16. The van der Waals surface area contributed by atoms with Crippen LogP contribution in [0.15, 0.2) is 48.5 Å². The van der Waals surface area contributed by atoms with Crippen molar-refractivity contribution in [1.29, 1.82) is 0 Å². The van der Waals surface area contributed by atoms with Gasteiger partial charge < -0.3 is 25.0 Å². The predicted molar refractivity (Wildman–Crippen MR) is 147 cm³/mol. The van der Waals surface area contributed by atoms with Gasteiger partial charge in [0.15, 0.2) is 5.11 Å². The summed E-state index contributed by atoms with van der Waals surface area (Å²) in [5, 5.41) is 5.57. The molecule has 0 bridgehead atoms. The fourth-order valence-corrected chi connectivity index (χ4v) is 4.34. The molecule has 206 valence electrons. The minimum absolute atomic E-state index is 0.172. The molecule has 1 heterocycles. The second-order valence-electron chi connectivity index (χ2n) is 8.47. The van der Waals surface area contributed by atoms with Gasteiger partial charge >= 0.3 is 11.9 Å². The summed E-state index contributed by atoms with van der Waals surface area (Å²) in [4.78, 5) is 64.6. The smallest absolute Gasteiger partial charge is 0.338 e. The van der Waals surface area contributed by atoms with E-state index in [0.29, 0.717) is 22.5 Å². The van der Waals surface area contributed by atoms with Gasteiger partial charge in [-0.2, -0.15) is 0 Å². The van der Waals surface area contributed by atoms with Crippen molar-refractivity contribution in [2.75, 3.05) is 36.5 Å². The summed E-state index contributed by atoms with van der Waals surface area (Å²) in [6, 6.07) is 11.5. The Labute approximate surface area is 231 Å². The van der Waals surface area contributed by atoms with E-state index in [1.54, 1.807) is 43.0 Å². The summed E-state index contributed by atoms with van der Waals surface area (Å²) in [6.07, 6.45) is -0.212. The number of carbonyl (C=O) groups is 5. The molecule has 0 radical (unpaired) electrons. The van der Waals surface area contributed by atoms with Crippen molar-refractivity contribution in [2.24, 2.45) is 0 Å². The molecule has 1 saturated heterocycles. The molecule has 1 atom stereocenters. The number of hydrogen-bond donors (Lipinski definition) is 2. The largest absolute Gasteiger partial charge is 0.462 e. The molecule has 0 aromatic heterocycles. The molecule has 0 spiro atoms. The van der Waals surface area contributed by atoms with Gasteiger partial charge in [0, 0.05) is 25.7 Å². The van der Waals surface area contributed by atoms with Crippen molar-refractivity contribution in [3.63, 3.8) is 0 Å². The molecular formula is C27H30N4O7S. The summed E-state index contributed by atoms with van der Waals surface area (Å²) in [5.41, 5.74) is 1.54. The molecule has 3 amide bonds. The first-order valence-electron chi connectivity index (χ1n) is 12.4. The Morgan fingerprint density at radius 2 is 1.44 bits per heavy atom. The number of thiocarbonyl (C=S) groups is 1. The van der Waals surface area contributed by atoms with E-state index < -0.39 is 29.8 Å². The van der Waals surface area contributed by atoms with Crippen LogP contribution in [-0.4, -0.2) is 72.0 Å². The number of hydrogen-bond acceptors (Lipinski definition) is 8. The Kier molecular flexibility index (Phi) is 10.1. The van der Waals surface area contributed by atoms with Crippen LogP contribution in [0.1, 0.15) is 47.9 Å². The highest BCUT2D eigenvalue weighted by molar-refractivity contribution is 7.80.